The number of amides is 1. The van der Waals surface area contributed by atoms with Crippen LogP contribution in [-0.2, 0) is 27.0 Å². The minimum Gasteiger partial charge on any atom is -0.444 e. The lowest BCUT2D eigenvalue weighted by molar-refractivity contribution is 0.00578. The fourth-order valence-corrected chi connectivity index (χ4v) is 2.76. The Kier molecular flexibility index (Phi) is 5.79. The quantitative estimate of drug-likeness (QED) is 0.833. The molecule has 1 saturated heterocycles. The van der Waals surface area contributed by atoms with Crippen molar-refractivity contribution in [3.8, 4) is 0 Å². The molecule has 0 unspecified atom stereocenters. The van der Waals surface area contributed by atoms with Gasteiger partial charge in [0, 0.05) is 6.54 Å². The van der Waals surface area contributed by atoms with E-state index in [1.165, 1.54) is 5.56 Å². The first-order valence-electron chi connectivity index (χ1n) is 9.29. The third-order valence-corrected chi connectivity index (χ3v) is 4.96. The van der Waals surface area contributed by atoms with Crippen LogP contribution in [0.15, 0.2) is 18.2 Å². The van der Waals surface area contributed by atoms with Crippen molar-refractivity contribution in [2.24, 2.45) is 0 Å². The van der Waals surface area contributed by atoms with Gasteiger partial charge in [-0.1, -0.05) is 25.1 Å². The van der Waals surface area contributed by atoms with Crippen molar-refractivity contribution in [2.75, 3.05) is 0 Å². The summed E-state index contributed by atoms with van der Waals surface area (Å²) in [6.45, 7) is 16.2. The van der Waals surface area contributed by atoms with Crippen molar-refractivity contribution >= 4 is 18.7 Å². The van der Waals surface area contributed by atoms with E-state index in [1.54, 1.807) is 0 Å². The third kappa shape index (κ3) is 4.80. The lowest BCUT2D eigenvalue weighted by Crippen LogP contribution is -2.41. The Labute approximate surface area is 157 Å². The average molecular weight is 361 g/mol. The molecule has 1 heterocycles. The van der Waals surface area contributed by atoms with E-state index in [4.69, 9.17) is 14.0 Å². The molecule has 144 valence electrons. The maximum absolute atomic E-state index is 12.0. The van der Waals surface area contributed by atoms with Crippen molar-refractivity contribution in [3.63, 3.8) is 0 Å². The molecule has 0 aromatic heterocycles. The second-order valence-electron chi connectivity index (χ2n) is 8.83. The van der Waals surface area contributed by atoms with Gasteiger partial charge >= 0.3 is 13.2 Å². The first kappa shape index (κ1) is 20.8. The Morgan fingerprint density at radius 3 is 2.19 bits per heavy atom. The molecular formula is C20H32BNO4. The van der Waals surface area contributed by atoms with Crippen LogP contribution in [0, 0.1) is 0 Å². The van der Waals surface area contributed by atoms with Crippen molar-refractivity contribution in [1.82, 2.24) is 5.32 Å². The van der Waals surface area contributed by atoms with E-state index >= 15 is 0 Å². The Hall–Kier alpha value is -1.53. The Balaban J connectivity index is 2.15. The van der Waals surface area contributed by atoms with E-state index in [2.05, 4.69) is 24.4 Å². The highest BCUT2D eigenvalue weighted by Crippen LogP contribution is 2.36. The average Bonchev–Trinajstić information content (AvgIpc) is 2.71. The lowest BCUT2D eigenvalue weighted by atomic mass is 9.77. The number of hydrogen-bond donors (Lipinski definition) is 1. The van der Waals surface area contributed by atoms with Crippen LogP contribution in [0.2, 0.25) is 0 Å². The van der Waals surface area contributed by atoms with Crippen LogP contribution in [0.1, 0.15) is 66.5 Å². The summed E-state index contributed by atoms with van der Waals surface area (Å²) in [4.78, 5) is 12.0. The molecule has 0 saturated carbocycles. The highest BCUT2D eigenvalue weighted by atomic mass is 16.7. The maximum Gasteiger partial charge on any atom is 0.494 e. The lowest BCUT2D eigenvalue weighted by Gasteiger charge is -2.32. The van der Waals surface area contributed by atoms with E-state index in [0.29, 0.717) is 6.54 Å². The van der Waals surface area contributed by atoms with E-state index in [0.717, 1.165) is 17.4 Å². The fraction of sp³-hybridized carbons (Fsp3) is 0.650. The van der Waals surface area contributed by atoms with Crippen molar-refractivity contribution in [1.29, 1.82) is 0 Å². The summed E-state index contributed by atoms with van der Waals surface area (Å²) < 4.78 is 17.6. The summed E-state index contributed by atoms with van der Waals surface area (Å²) in [7, 11) is -0.411. The summed E-state index contributed by atoms with van der Waals surface area (Å²) >= 11 is 0. The number of nitrogens with one attached hydrogen (secondary N) is 1. The molecule has 1 aliphatic rings. The summed E-state index contributed by atoms with van der Waals surface area (Å²) in [5.74, 6) is 0. The molecule has 0 bridgehead atoms. The second-order valence-corrected chi connectivity index (χ2v) is 8.83. The highest BCUT2D eigenvalue weighted by molar-refractivity contribution is 6.62. The zero-order chi connectivity index (χ0) is 19.8. The van der Waals surface area contributed by atoms with Gasteiger partial charge in [0.05, 0.1) is 11.2 Å². The molecule has 0 aliphatic carbocycles. The van der Waals surface area contributed by atoms with Gasteiger partial charge in [-0.3, -0.25) is 0 Å². The standard InChI is InChI=1S/C20H32BNO4/c1-9-14-10-11-16(21-25-19(5,6)20(7,8)26-21)12-15(14)13-22-17(23)24-18(2,3)4/h10-12H,9,13H2,1-8H3,(H,22,23). The molecule has 2 rings (SSSR count). The van der Waals surface area contributed by atoms with Gasteiger partial charge in [0.2, 0.25) is 0 Å². The van der Waals surface area contributed by atoms with Crippen LogP contribution in [0.4, 0.5) is 4.79 Å². The molecular weight excluding hydrogens is 329 g/mol. The number of carbonyl (C=O) groups excluding carboxylic acids is 1. The zero-order valence-electron chi connectivity index (χ0n) is 17.4. The molecule has 1 N–H and O–H groups in total. The Bertz CT molecular complexity index is 648. The van der Waals surface area contributed by atoms with Gasteiger partial charge in [-0.05, 0) is 71.5 Å². The van der Waals surface area contributed by atoms with Crippen LogP contribution in [0.25, 0.3) is 0 Å². The molecule has 1 fully saturated rings. The van der Waals surface area contributed by atoms with E-state index in [1.807, 2.05) is 54.5 Å². The first-order chi connectivity index (χ1) is 11.8. The van der Waals surface area contributed by atoms with Gasteiger partial charge in [0.1, 0.15) is 5.60 Å². The minimum absolute atomic E-state index is 0.379. The van der Waals surface area contributed by atoms with E-state index < -0.39 is 18.8 Å². The number of carbonyl (C=O) groups is 1. The number of ether oxygens (including phenoxy) is 1. The number of benzene rings is 1. The molecule has 1 aromatic rings. The smallest absolute Gasteiger partial charge is 0.444 e. The molecule has 1 amide bonds. The first-order valence-corrected chi connectivity index (χ1v) is 9.29. The molecule has 0 radical (unpaired) electrons. The zero-order valence-corrected chi connectivity index (χ0v) is 17.4. The largest absolute Gasteiger partial charge is 0.494 e. The molecule has 26 heavy (non-hydrogen) atoms. The number of rotatable bonds is 4. The second kappa shape index (κ2) is 7.24. The van der Waals surface area contributed by atoms with E-state index in [9.17, 15) is 4.79 Å². The Morgan fingerprint density at radius 1 is 1.12 bits per heavy atom. The summed E-state index contributed by atoms with van der Waals surface area (Å²) in [5, 5.41) is 2.84. The molecule has 6 heteroatoms. The summed E-state index contributed by atoms with van der Waals surface area (Å²) in [6.07, 6.45) is 0.468. The normalized spacial score (nSPS) is 18.7. The minimum atomic E-state index is -0.512. The predicted molar refractivity (Wildman–Crippen MR) is 105 cm³/mol. The SMILES string of the molecule is CCc1ccc(B2OC(C)(C)C(C)(C)O2)cc1CNC(=O)OC(C)(C)C. The molecule has 0 atom stereocenters. The van der Waals surface area contributed by atoms with Gasteiger partial charge in [-0.15, -0.1) is 0 Å². The molecule has 1 aliphatic heterocycles. The van der Waals surface area contributed by atoms with Gasteiger partial charge in [0.25, 0.3) is 0 Å². The highest BCUT2D eigenvalue weighted by Gasteiger charge is 2.51. The Morgan fingerprint density at radius 2 is 1.69 bits per heavy atom. The van der Waals surface area contributed by atoms with Crippen LogP contribution < -0.4 is 10.8 Å². The molecule has 0 spiro atoms. The van der Waals surface area contributed by atoms with Gasteiger partial charge in [-0.2, -0.15) is 0 Å². The van der Waals surface area contributed by atoms with Crippen LogP contribution in [0.5, 0.6) is 0 Å². The maximum atomic E-state index is 12.0. The summed E-state index contributed by atoms with van der Waals surface area (Å²) in [5.41, 5.74) is 1.92. The van der Waals surface area contributed by atoms with Crippen LogP contribution >= 0.6 is 0 Å². The third-order valence-electron chi connectivity index (χ3n) is 4.96. The van der Waals surface area contributed by atoms with Crippen LogP contribution in [-0.4, -0.2) is 30.0 Å². The molecule has 5 nitrogen and oxygen atoms in total. The van der Waals surface area contributed by atoms with Crippen molar-refractivity contribution in [2.45, 2.75) is 85.2 Å². The van der Waals surface area contributed by atoms with E-state index in [-0.39, 0.29) is 11.2 Å². The van der Waals surface area contributed by atoms with Gasteiger partial charge in [0.15, 0.2) is 0 Å². The monoisotopic (exact) mass is 361 g/mol. The number of aryl methyl sites for hydroxylation is 1. The predicted octanol–water partition coefficient (Wildman–Crippen LogP) is 3.57. The number of alkyl carbamates (subject to hydrolysis) is 1. The summed E-state index contributed by atoms with van der Waals surface area (Å²) in [6, 6.07) is 6.17. The van der Waals surface area contributed by atoms with Gasteiger partial charge in [-0.25, -0.2) is 4.79 Å². The van der Waals surface area contributed by atoms with Crippen molar-refractivity contribution in [3.05, 3.63) is 29.3 Å². The van der Waals surface area contributed by atoms with Gasteiger partial charge < -0.3 is 19.4 Å². The molecule has 1 aromatic carbocycles. The topological polar surface area (TPSA) is 56.8 Å². The number of hydrogen-bond acceptors (Lipinski definition) is 4. The van der Waals surface area contributed by atoms with Crippen LogP contribution in [0.3, 0.4) is 0 Å². The fourth-order valence-electron chi connectivity index (χ4n) is 2.76. The van der Waals surface area contributed by atoms with Crippen molar-refractivity contribution < 1.29 is 18.8 Å².